The molecule has 2 saturated carbocycles. The summed E-state index contributed by atoms with van der Waals surface area (Å²) in [6, 6.07) is 5.93. The fraction of sp³-hybridized carbons (Fsp3) is 0.436. The number of thiazole rings is 1. The van der Waals surface area contributed by atoms with Crippen LogP contribution in [0, 0.1) is 23.0 Å². The zero-order valence-electron chi connectivity index (χ0n) is 29.7. The first kappa shape index (κ1) is 37.1. The summed E-state index contributed by atoms with van der Waals surface area (Å²) in [5.41, 5.74) is 0.578. The largest absolute Gasteiger partial charge is 0.472 e. The molecule has 2 aliphatic carbocycles. The Balaban J connectivity index is 1.13. The van der Waals surface area contributed by atoms with Crippen molar-refractivity contribution in [3.05, 3.63) is 76.8 Å². The average molecular weight is 792 g/mol. The molecule has 12 nitrogen and oxygen atoms in total. The summed E-state index contributed by atoms with van der Waals surface area (Å²) in [6.45, 7) is -0.0948. The van der Waals surface area contributed by atoms with Gasteiger partial charge in [0.1, 0.15) is 29.5 Å². The molecule has 288 valence electrons. The second-order valence-electron chi connectivity index (χ2n) is 15.0. The van der Waals surface area contributed by atoms with Gasteiger partial charge < -0.3 is 15.0 Å². The summed E-state index contributed by atoms with van der Waals surface area (Å²) in [5.74, 6) is -3.59. The van der Waals surface area contributed by atoms with Crippen molar-refractivity contribution in [1.82, 2.24) is 24.9 Å². The highest BCUT2D eigenvalue weighted by Crippen LogP contribution is 2.57. The molecule has 2 aliphatic heterocycles. The molecule has 0 bridgehead atoms. The lowest BCUT2D eigenvalue weighted by molar-refractivity contribution is -0.140. The molecule has 3 amide bonds. The summed E-state index contributed by atoms with van der Waals surface area (Å²) < 4.78 is 63.3. The molecule has 3 fully saturated rings. The number of allylic oxidation sites excluding steroid dienone is 2. The third-order valence-electron chi connectivity index (χ3n) is 11.2. The van der Waals surface area contributed by atoms with Gasteiger partial charge in [-0.25, -0.2) is 27.2 Å². The maximum Gasteiger partial charge on any atom is 0.271 e. The molecule has 0 spiro atoms. The molecule has 8 rings (SSSR count). The van der Waals surface area contributed by atoms with E-state index in [2.05, 4.69) is 20.0 Å². The number of halogens is 2. The van der Waals surface area contributed by atoms with E-state index in [0.29, 0.717) is 48.3 Å². The fourth-order valence-electron chi connectivity index (χ4n) is 7.91. The lowest BCUT2D eigenvalue weighted by Crippen LogP contribution is -2.52. The molecule has 2 aromatic heterocycles. The summed E-state index contributed by atoms with van der Waals surface area (Å²) in [6.07, 6.45) is 6.99. The van der Waals surface area contributed by atoms with Crippen molar-refractivity contribution in [2.75, 3.05) is 6.54 Å². The number of aromatic nitrogens is 2. The van der Waals surface area contributed by atoms with Crippen LogP contribution in [0.25, 0.3) is 21.7 Å². The van der Waals surface area contributed by atoms with Crippen molar-refractivity contribution in [1.29, 1.82) is 0 Å². The van der Waals surface area contributed by atoms with E-state index >= 15 is 0 Å². The summed E-state index contributed by atoms with van der Waals surface area (Å²) >= 11 is 1.24. The normalized spacial score (nSPS) is 26.8. The number of pyridine rings is 1. The van der Waals surface area contributed by atoms with Crippen molar-refractivity contribution >= 4 is 66.5 Å². The van der Waals surface area contributed by atoms with Crippen LogP contribution < -0.4 is 14.8 Å². The zero-order valence-corrected chi connectivity index (χ0v) is 31.3. The van der Waals surface area contributed by atoms with Crippen molar-refractivity contribution < 1.29 is 41.1 Å². The zero-order chi connectivity index (χ0) is 38.5. The highest BCUT2D eigenvalue weighted by Gasteiger charge is 2.61. The Bertz CT molecular complexity index is 2340. The number of hydrogen-bond acceptors (Lipinski definition) is 10. The summed E-state index contributed by atoms with van der Waals surface area (Å²) in [4.78, 5) is 66.1. The minimum absolute atomic E-state index is 0.0124. The van der Waals surface area contributed by atoms with Gasteiger partial charge in [0.05, 0.1) is 34.3 Å². The van der Waals surface area contributed by atoms with E-state index in [9.17, 15) is 36.4 Å². The minimum Gasteiger partial charge on any atom is -0.472 e. The maximum atomic E-state index is 14.6. The number of nitrogens with one attached hydrogen (secondary N) is 2. The number of sulfonamides is 1. The Morgan fingerprint density at radius 1 is 0.982 bits per heavy atom. The average Bonchev–Trinajstić information content (AvgIpc) is 4.01. The lowest BCUT2D eigenvalue weighted by atomic mass is 9.91. The molecule has 1 saturated heterocycles. The van der Waals surface area contributed by atoms with Crippen LogP contribution in [0.4, 0.5) is 8.78 Å². The minimum atomic E-state index is -3.89. The number of hydrogen-bond donors (Lipinski definition) is 2. The Hall–Kier alpha value is -4.83. The third-order valence-corrected chi connectivity index (χ3v) is 13.6. The van der Waals surface area contributed by atoms with Crippen molar-refractivity contribution in [2.24, 2.45) is 11.3 Å². The van der Waals surface area contributed by atoms with Gasteiger partial charge >= 0.3 is 0 Å². The Morgan fingerprint density at radius 3 is 2.53 bits per heavy atom. The number of benzene rings is 2. The van der Waals surface area contributed by atoms with Crippen molar-refractivity contribution in [3.63, 3.8) is 0 Å². The molecule has 0 unspecified atom stereocenters. The number of ketones is 1. The number of ether oxygens (including phenoxy) is 1. The van der Waals surface area contributed by atoms with Gasteiger partial charge in [-0.05, 0) is 80.2 Å². The standard InChI is InChI=1S/C39H39F2N5O7S2/c40-23-9-13-28-29(14-23)27-12-8-24(41)15-31(27)44-36(28)53-25-16-33-34(47)18-39(38(50)45-55(51,52)26-10-11-26)17-22(39)6-4-2-1-3-5-7-30(37(49)46(33)19-25)43-35(48)32-20-54-21-42-32/h4,6,8-9,12-15,20-22,25-26,30,33H,1-3,5,7,10-11,16-19H2,(H,43,48)(H,45,50)/b6-4-/t22-,25-,30+,33+,39-/m1/s1. The number of nitrogens with zero attached hydrogens (tertiary/aromatic N) is 3. The van der Waals surface area contributed by atoms with Gasteiger partial charge in [0, 0.05) is 35.1 Å². The summed E-state index contributed by atoms with van der Waals surface area (Å²) in [7, 11) is -3.89. The second kappa shape index (κ2) is 14.7. The number of carbonyl (C=O) groups excluding carboxylic acids is 4. The van der Waals surface area contributed by atoms with Crippen LogP contribution in [0.5, 0.6) is 5.88 Å². The van der Waals surface area contributed by atoms with E-state index in [4.69, 9.17) is 4.74 Å². The van der Waals surface area contributed by atoms with Crippen LogP contribution in [0.1, 0.15) is 74.7 Å². The van der Waals surface area contributed by atoms with E-state index in [1.807, 2.05) is 12.2 Å². The maximum absolute atomic E-state index is 14.6. The third kappa shape index (κ3) is 7.58. The van der Waals surface area contributed by atoms with Gasteiger partial charge in [-0.15, -0.1) is 11.3 Å². The first-order valence-electron chi connectivity index (χ1n) is 18.5. The molecule has 0 radical (unpaired) electrons. The van der Waals surface area contributed by atoms with Crippen LogP contribution in [-0.4, -0.2) is 76.8 Å². The predicted octanol–water partition coefficient (Wildman–Crippen LogP) is 5.36. The first-order valence-corrected chi connectivity index (χ1v) is 21.0. The van der Waals surface area contributed by atoms with Gasteiger partial charge in [-0.1, -0.05) is 25.0 Å². The number of amides is 3. The van der Waals surface area contributed by atoms with Crippen molar-refractivity contribution in [2.45, 2.75) is 87.6 Å². The molecular formula is C39H39F2N5O7S2. The van der Waals surface area contributed by atoms with E-state index in [1.54, 1.807) is 5.38 Å². The SMILES string of the molecule is O=C(N[C@H]1CCCCC/C=C\[C@@H]2C[C@@]2(C(=O)NS(=O)(=O)C2CC2)CC(=O)[C@@H]2C[C@@H](Oc3nc4cc(F)ccc4c4cc(F)ccc34)CN2C1=O)c1cscn1. The van der Waals surface area contributed by atoms with E-state index in [-0.39, 0.29) is 48.8 Å². The lowest BCUT2D eigenvalue weighted by Gasteiger charge is -2.29. The van der Waals surface area contributed by atoms with Crippen LogP contribution in [-0.2, 0) is 24.4 Å². The predicted molar refractivity (Wildman–Crippen MR) is 200 cm³/mol. The topological polar surface area (TPSA) is 165 Å². The Kier molecular flexibility index (Phi) is 9.90. The smallest absolute Gasteiger partial charge is 0.271 e. The van der Waals surface area contributed by atoms with Crippen LogP contribution >= 0.6 is 11.3 Å². The number of Topliss-reactive ketones (excluding diaryl/α,β-unsaturated/α-hetero) is 1. The fourth-order valence-corrected chi connectivity index (χ4v) is 9.83. The summed E-state index contributed by atoms with van der Waals surface area (Å²) in [5, 5.41) is 5.15. The number of carbonyl (C=O) groups is 4. The molecule has 4 aliphatic rings. The Labute approximate surface area is 319 Å². The molecular weight excluding hydrogens is 753 g/mol. The molecule has 5 atom stereocenters. The molecule has 2 aromatic carbocycles. The van der Waals surface area contributed by atoms with E-state index < -0.39 is 74.0 Å². The van der Waals surface area contributed by atoms with Crippen LogP contribution in [0.3, 0.4) is 0 Å². The molecule has 4 aromatic rings. The highest BCUT2D eigenvalue weighted by atomic mass is 32.2. The van der Waals surface area contributed by atoms with Gasteiger partial charge in [-0.3, -0.25) is 23.9 Å². The molecule has 2 N–H and O–H groups in total. The molecule has 16 heteroatoms. The Morgan fingerprint density at radius 2 is 1.76 bits per heavy atom. The quantitative estimate of drug-likeness (QED) is 0.185. The highest BCUT2D eigenvalue weighted by molar-refractivity contribution is 7.90. The monoisotopic (exact) mass is 791 g/mol. The van der Waals surface area contributed by atoms with E-state index in [0.717, 1.165) is 12.8 Å². The van der Waals surface area contributed by atoms with Crippen LogP contribution in [0.15, 0.2) is 59.4 Å². The van der Waals surface area contributed by atoms with Gasteiger partial charge in [0.2, 0.25) is 27.7 Å². The number of fused-ring (bicyclic) bond motifs is 5. The van der Waals surface area contributed by atoms with Crippen LogP contribution in [0.2, 0.25) is 0 Å². The van der Waals surface area contributed by atoms with Crippen molar-refractivity contribution in [3.8, 4) is 5.88 Å². The molecule has 55 heavy (non-hydrogen) atoms. The van der Waals surface area contributed by atoms with Gasteiger partial charge in [-0.2, -0.15) is 0 Å². The first-order chi connectivity index (χ1) is 26.4. The van der Waals surface area contributed by atoms with Gasteiger partial charge in [0.15, 0.2) is 5.78 Å². The second-order valence-corrected chi connectivity index (χ2v) is 17.7. The number of rotatable bonds is 7. The van der Waals surface area contributed by atoms with Gasteiger partial charge in [0.25, 0.3) is 5.91 Å². The molecule has 4 heterocycles. The van der Waals surface area contributed by atoms with E-state index in [1.165, 1.54) is 58.1 Å².